The van der Waals surface area contributed by atoms with Crippen molar-refractivity contribution in [1.82, 2.24) is 15.2 Å². The second-order valence-corrected chi connectivity index (χ2v) is 8.62. The predicted octanol–water partition coefficient (Wildman–Crippen LogP) is 4.21. The summed E-state index contributed by atoms with van der Waals surface area (Å²) in [4.78, 5) is 24.9. The zero-order chi connectivity index (χ0) is 21.8. The first-order valence-electron chi connectivity index (χ1n) is 9.74. The topological polar surface area (TPSA) is 75.2 Å². The summed E-state index contributed by atoms with van der Waals surface area (Å²) in [5, 5.41) is 8.89. The number of hydrogen-bond donors (Lipinski definition) is 3. The van der Waals surface area contributed by atoms with Crippen molar-refractivity contribution in [2.45, 2.75) is 59.5 Å². The van der Waals surface area contributed by atoms with Crippen LogP contribution in [0.15, 0.2) is 36.5 Å². The van der Waals surface area contributed by atoms with Crippen molar-refractivity contribution in [1.29, 1.82) is 0 Å². The summed E-state index contributed by atoms with van der Waals surface area (Å²) < 4.78 is 1.93. The summed E-state index contributed by atoms with van der Waals surface area (Å²) in [5.74, 6) is 0.215. The third-order valence-corrected chi connectivity index (χ3v) is 4.78. The van der Waals surface area contributed by atoms with E-state index in [1.54, 1.807) is 24.4 Å². The Morgan fingerprint density at radius 3 is 2.28 bits per heavy atom. The van der Waals surface area contributed by atoms with Crippen LogP contribution in [-0.4, -0.2) is 27.5 Å². The Kier molecular flexibility index (Phi) is 7.19. The summed E-state index contributed by atoms with van der Waals surface area (Å²) >= 11 is 5.33. The van der Waals surface area contributed by atoms with Gasteiger partial charge >= 0.3 is 0 Å². The van der Waals surface area contributed by atoms with Gasteiger partial charge in [0.15, 0.2) is 5.11 Å². The molecule has 6 nitrogen and oxygen atoms in total. The molecule has 1 unspecified atom stereocenters. The molecule has 2 amide bonds. The van der Waals surface area contributed by atoms with Gasteiger partial charge in [-0.15, -0.1) is 0 Å². The first-order chi connectivity index (χ1) is 13.5. The van der Waals surface area contributed by atoms with E-state index in [0.29, 0.717) is 16.9 Å². The minimum atomic E-state index is -0.286. The average molecular weight is 415 g/mol. The highest BCUT2D eigenvalue weighted by Gasteiger charge is 2.22. The molecule has 0 saturated heterocycles. The molecule has 3 N–H and O–H groups in total. The zero-order valence-corrected chi connectivity index (χ0v) is 18.7. The van der Waals surface area contributed by atoms with E-state index in [4.69, 9.17) is 12.2 Å². The van der Waals surface area contributed by atoms with Gasteiger partial charge in [0.25, 0.3) is 11.8 Å². The molecule has 1 heterocycles. The summed E-state index contributed by atoms with van der Waals surface area (Å²) in [6.45, 7) is 12.0. The van der Waals surface area contributed by atoms with Crippen LogP contribution in [0.3, 0.4) is 0 Å². The van der Waals surface area contributed by atoms with Crippen molar-refractivity contribution in [3.05, 3.63) is 53.2 Å². The number of carbonyl (C=O) groups excluding carboxylic acids is 2. The van der Waals surface area contributed by atoms with E-state index >= 15 is 0 Å². The molecule has 156 valence electrons. The van der Waals surface area contributed by atoms with E-state index in [-0.39, 0.29) is 28.5 Å². The van der Waals surface area contributed by atoms with Gasteiger partial charge in [-0.25, -0.2) is 0 Å². The van der Waals surface area contributed by atoms with Gasteiger partial charge in [-0.2, -0.15) is 0 Å². The molecule has 0 aliphatic carbocycles. The van der Waals surface area contributed by atoms with E-state index in [0.717, 1.165) is 12.0 Å². The monoisotopic (exact) mass is 414 g/mol. The van der Waals surface area contributed by atoms with Crippen molar-refractivity contribution in [2.75, 3.05) is 5.32 Å². The maximum absolute atomic E-state index is 12.5. The van der Waals surface area contributed by atoms with Crippen LogP contribution in [-0.2, 0) is 5.54 Å². The molecule has 0 saturated carbocycles. The van der Waals surface area contributed by atoms with Crippen molar-refractivity contribution < 1.29 is 9.59 Å². The van der Waals surface area contributed by atoms with Gasteiger partial charge in [0.1, 0.15) is 5.82 Å². The summed E-state index contributed by atoms with van der Waals surface area (Å²) in [6.07, 6.45) is 2.65. The van der Waals surface area contributed by atoms with E-state index in [1.807, 2.05) is 58.2 Å². The SMILES string of the molecule is CCC(C)NC(=O)c1cc(NC(=S)NC(=O)c2ccc(C)cc2)n(C(C)(C)C)c1. The normalized spacial score (nSPS) is 12.2. The number of rotatable bonds is 5. The highest BCUT2D eigenvalue weighted by molar-refractivity contribution is 7.80. The number of carbonyl (C=O) groups is 2. The highest BCUT2D eigenvalue weighted by Crippen LogP contribution is 2.24. The van der Waals surface area contributed by atoms with E-state index in [9.17, 15) is 9.59 Å². The lowest BCUT2D eigenvalue weighted by Gasteiger charge is -2.25. The molecule has 7 heteroatoms. The Morgan fingerprint density at radius 2 is 1.72 bits per heavy atom. The van der Waals surface area contributed by atoms with Gasteiger partial charge in [0.05, 0.1) is 5.56 Å². The quantitative estimate of drug-likeness (QED) is 0.641. The molecule has 0 aliphatic rings. The van der Waals surface area contributed by atoms with Crippen LogP contribution < -0.4 is 16.0 Å². The predicted molar refractivity (Wildman–Crippen MR) is 122 cm³/mol. The maximum Gasteiger partial charge on any atom is 0.257 e. The molecule has 0 fully saturated rings. The van der Waals surface area contributed by atoms with Crippen molar-refractivity contribution >= 4 is 35.0 Å². The maximum atomic E-state index is 12.5. The van der Waals surface area contributed by atoms with Gasteiger partial charge in [-0.05, 0) is 71.5 Å². The van der Waals surface area contributed by atoms with Crippen LogP contribution in [0.1, 0.15) is 67.3 Å². The summed E-state index contributed by atoms with van der Waals surface area (Å²) in [7, 11) is 0. The van der Waals surface area contributed by atoms with Crippen LogP contribution in [0.25, 0.3) is 0 Å². The lowest BCUT2D eigenvalue weighted by atomic mass is 10.1. The molecule has 1 aromatic heterocycles. The number of thiocarbonyl (C=S) groups is 1. The standard InChI is InChI=1S/C22H30N4O2S/c1-7-15(3)23-20(28)17-12-18(26(13-17)22(4,5)6)24-21(29)25-19(27)16-10-8-14(2)9-11-16/h8-13,15H,7H2,1-6H3,(H,23,28)(H2,24,25,27,29). The van der Waals surface area contributed by atoms with Crippen LogP contribution in [0.4, 0.5) is 5.82 Å². The lowest BCUT2D eigenvalue weighted by Crippen LogP contribution is -2.35. The Balaban J connectivity index is 2.17. The molecule has 29 heavy (non-hydrogen) atoms. The first kappa shape index (κ1) is 22.6. The minimum Gasteiger partial charge on any atom is -0.350 e. The van der Waals surface area contributed by atoms with E-state index in [1.165, 1.54) is 0 Å². The fourth-order valence-corrected chi connectivity index (χ4v) is 2.87. The minimum absolute atomic E-state index is 0.0896. The Hall–Kier alpha value is -2.67. The number of aryl methyl sites for hydroxylation is 1. The summed E-state index contributed by atoms with van der Waals surface area (Å²) in [6, 6.07) is 9.08. The highest BCUT2D eigenvalue weighted by atomic mass is 32.1. The van der Waals surface area contributed by atoms with Gasteiger partial charge in [0.2, 0.25) is 0 Å². The van der Waals surface area contributed by atoms with Gasteiger partial charge < -0.3 is 15.2 Å². The molecule has 0 bridgehead atoms. The van der Waals surface area contributed by atoms with E-state index in [2.05, 4.69) is 16.0 Å². The van der Waals surface area contributed by atoms with Gasteiger partial charge in [-0.1, -0.05) is 24.6 Å². The number of hydrogen-bond acceptors (Lipinski definition) is 3. The number of amides is 2. The molecular formula is C22H30N4O2S. The Bertz CT molecular complexity index is 895. The first-order valence-corrected chi connectivity index (χ1v) is 10.1. The third-order valence-electron chi connectivity index (χ3n) is 4.58. The molecule has 0 aliphatic heterocycles. The Labute approximate surface area is 178 Å². The summed E-state index contributed by atoms with van der Waals surface area (Å²) in [5.41, 5.74) is 1.86. The van der Waals surface area contributed by atoms with Crippen LogP contribution >= 0.6 is 12.2 Å². The van der Waals surface area contributed by atoms with Crippen molar-refractivity contribution in [3.63, 3.8) is 0 Å². The number of anilines is 1. The molecule has 0 spiro atoms. The van der Waals surface area contributed by atoms with Crippen LogP contribution in [0.2, 0.25) is 0 Å². The molecule has 1 aromatic carbocycles. The van der Waals surface area contributed by atoms with Gasteiger partial charge in [0, 0.05) is 23.3 Å². The molecular weight excluding hydrogens is 384 g/mol. The molecule has 0 radical (unpaired) electrons. The number of aromatic nitrogens is 1. The Morgan fingerprint density at radius 1 is 1.10 bits per heavy atom. The molecule has 1 atom stereocenters. The lowest BCUT2D eigenvalue weighted by molar-refractivity contribution is 0.0937. The second-order valence-electron chi connectivity index (χ2n) is 8.21. The number of benzene rings is 1. The average Bonchev–Trinajstić information content (AvgIpc) is 3.06. The fourth-order valence-electron chi connectivity index (χ4n) is 2.68. The fraction of sp³-hybridized carbons (Fsp3) is 0.409. The third kappa shape index (κ3) is 6.15. The molecule has 2 rings (SSSR count). The van der Waals surface area contributed by atoms with Crippen LogP contribution in [0.5, 0.6) is 0 Å². The second kappa shape index (κ2) is 9.22. The number of nitrogens with one attached hydrogen (secondary N) is 3. The van der Waals surface area contributed by atoms with Gasteiger partial charge in [-0.3, -0.25) is 14.9 Å². The van der Waals surface area contributed by atoms with Crippen molar-refractivity contribution in [2.24, 2.45) is 0 Å². The van der Waals surface area contributed by atoms with Crippen LogP contribution in [0, 0.1) is 6.92 Å². The zero-order valence-electron chi connectivity index (χ0n) is 17.9. The largest absolute Gasteiger partial charge is 0.350 e. The smallest absolute Gasteiger partial charge is 0.257 e. The molecule has 2 aromatic rings. The van der Waals surface area contributed by atoms with Crippen molar-refractivity contribution in [3.8, 4) is 0 Å². The van der Waals surface area contributed by atoms with E-state index < -0.39 is 0 Å². The number of nitrogens with zero attached hydrogens (tertiary/aromatic N) is 1.